The molecule has 1 saturated heterocycles. The highest BCUT2D eigenvalue weighted by molar-refractivity contribution is 6.00. The number of hydrogen-bond donors (Lipinski definition) is 3. The van der Waals surface area contributed by atoms with E-state index in [2.05, 4.69) is 10.6 Å². The zero-order chi connectivity index (χ0) is 14.8. The average molecular weight is 312 g/mol. The number of primary amides is 1. The van der Waals surface area contributed by atoms with Gasteiger partial charge in [0.1, 0.15) is 0 Å². The van der Waals surface area contributed by atoms with Gasteiger partial charge in [0.25, 0.3) is 0 Å². The van der Waals surface area contributed by atoms with Crippen LogP contribution in [-0.4, -0.2) is 23.9 Å². The maximum atomic E-state index is 12.5. The summed E-state index contributed by atoms with van der Waals surface area (Å²) in [5, 5.41) is 6.22. The Balaban J connectivity index is 0.00000220. The molecule has 0 spiro atoms. The molecule has 1 aromatic rings. The minimum Gasteiger partial charge on any atom is -0.366 e. The zero-order valence-electron chi connectivity index (χ0n) is 12.4. The predicted octanol–water partition coefficient (Wildman–Crippen LogP) is 1.99. The number of benzene rings is 1. The predicted molar refractivity (Wildman–Crippen MR) is 85.8 cm³/mol. The lowest BCUT2D eigenvalue weighted by Gasteiger charge is -2.27. The standard InChI is InChI=1S/C15H21N3O2.ClH/c1-3-15(7-4-8-17-15)14(20)18-12-9-11(13(16)19)6-5-10(12)2;/h5-6,9,17H,3-4,7-8H2,1-2H3,(H2,16,19)(H,18,20);1H. The third-order valence-electron chi connectivity index (χ3n) is 4.05. The van der Waals surface area contributed by atoms with Crippen molar-refractivity contribution in [3.05, 3.63) is 29.3 Å². The fourth-order valence-corrected chi connectivity index (χ4v) is 2.61. The molecule has 1 unspecified atom stereocenters. The van der Waals surface area contributed by atoms with E-state index in [9.17, 15) is 9.59 Å². The second kappa shape index (κ2) is 6.91. The van der Waals surface area contributed by atoms with E-state index in [1.165, 1.54) is 0 Å². The number of nitrogens with one attached hydrogen (secondary N) is 2. The Morgan fingerprint density at radius 2 is 2.14 bits per heavy atom. The third-order valence-corrected chi connectivity index (χ3v) is 4.05. The summed E-state index contributed by atoms with van der Waals surface area (Å²) in [5.41, 5.74) is 6.74. The number of amides is 2. The van der Waals surface area contributed by atoms with Crippen molar-refractivity contribution >= 4 is 29.9 Å². The lowest BCUT2D eigenvalue weighted by molar-refractivity contribution is -0.122. The summed E-state index contributed by atoms with van der Waals surface area (Å²) >= 11 is 0. The van der Waals surface area contributed by atoms with E-state index in [1.54, 1.807) is 18.2 Å². The van der Waals surface area contributed by atoms with Crippen LogP contribution in [0.2, 0.25) is 0 Å². The Morgan fingerprint density at radius 1 is 1.43 bits per heavy atom. The molecule has 1 atom stereocenters. The largest absolute Gasteiger partial charge is 0.366 e. The second-order valence-electron chi connectivity index (χ2n) is 5.31. The maximum Gasteiger partial charge on any atom is 0.248 e. The van der Waals surface area contributed by atoms with Crippen LogP contribution >= 0.6 is 12.4 Å². The first kappa shape index (κ1) is 17.5. The molecule has 116 valence electrons. The molecule has 1 heterocycles. The van der Waals surface area contributed by atoms with Crippen LogP contribution in [0.15, 0.2) is 18.2 Å². The van der Waals surface area contributed by atoms with Crippen molar-refractivity contribution in [1.29, 1.82) is 0 Å². The number of rotatable bonds is 4. The lowest BCUT2D eigenvalue weighted by Crippen LogP contribution is -2.50. The minimum absolute atomic E-state index is 0. The Kier molecular flexibility index (Phi) is 5.75. The minimum atomic E-state index is -0.496. The number of halogens is 1. The molecule has 2 rings (SSSR count). The molecule has 5 nitrogen and oxygen atoms in total. The Morgan fingerprint density at radius 3 is 2.67 bits per heavy atom. The number of carbonyl (C=O) groups is 2. The van der Waals surface area contributed by atoms with Crippen LogP contribution in [0.4, 0.5) is 5.69 Å². The number of nitrogens with two attached hydrogens (primary N) is 1. The van der Waals surface area contributed by atoms with Gasteiger partial charge in [-0.05, 0) is 50.4 Å². The summed E-state index contributed by atoms with van der Waals surface area (Å²) in [6.07, 6.45) is 2.58. The van der Waals surface area contributed by atoms with Gasteiger partial charge in [-0.15, -0.1) is 12.4 Å². The van der Waals surface area contributed by atoms with Crippen molar-refractivity contribution in [2.24, 2.45) is 5.73 Å². The molecular weight excluding hydrogens is 290 g/mol. The molecule has 2 amide bonds. The summed E-state index contributed by atoms with van der Waals surface area (Å²) in [6, 6.07) is 5.08. The molecule has 0 bridgehead atoms. The summed E-state index contributed by atoms with van der Waals surface area (Å²) in [5.74, 6) is -0.535. The summed E-state index contributed by atoms with van der Waals surface area (Å²) in [7, 11) is 0. The van der Waals surface area contributed by atoms with E-state index in [0.29, 0.717) is 11.3 Å². The van der Waals surface area contributed by atoms with E-state index >= 15 is 0 Å². The maximum absolute atomic E-state index is 12.5. The Hall–Kier alpha value is -1.59. The first-order valence-electron chi connectivity index (χ1n) is 6.95. The zero-order valence-corrected chi connectivity index (χ0v) is 13.2. The summed E-state index contributed by atoms with van der Waals surface area (Å²) in [4.78, 5) is 23.7. The highest BCUT2D eigenvalue weighted by atomic mass is 35.5. The van der Waals surface area contributed by atoms with Gasteiger partial charge in [-0.25, -0.2) is 0 Å². The number of aryl methyl sites for hydroxylation is 1. The monoisotopic (exact) mass is 311 g/mol. The van der Waals surface area contributed by atoms with Crippen molar-refractivity contribution in [2.75, 3.05) is 11.9 Å². The first-order valence-corrected chi connectivity index (χ1v) is 6.95. The van der Waals surface area contributed by atoms with Gasteiger partial charge in [0, 0.05) is 11.3 Å². The van der Waals surface area contributed by atoms with Crippen molar-refractivity contribution in [3.8, 4) is 0 Å². The molecule has 0 saturated carbocycles. The molecule has 1 aromatic carbocycles. The van der Waals surface area contributed by atoms with E-state index in [0.717, 1.165) is 31.4 Å². The van der Waals surface area contributed by atoms with Crippen LogP contribution in [0.3, 0.4) is 0 Å². The van der Waals surface area contributed by atoms with Gasteiger partial charge >= 0.3 is 0 Å². The fraction of sp³-hybridized carbons (Fsp3) is 0.467. The van der Waals surface area contributed by atoms with Crippen molar-refractivity contribution in [2.45, 2.75) is 38.6 Å². The molecule has 0 aromatic heterocycles. The Bertz CT molecular complexity index is 540. The van der Waals surface area contributed by atoms with E-state index in [1.807, 2.05) is 13.8 Å². The highest BCUT2D eigenvalue weighted by Gasteiger charge is 2.39. The van der Waals surface area contributed by atoms with Gasteiger partial charge in [-0.3, -0.25) is 9.59 Å². The topological polar surface area (TPSA) is 84.2 Å². The molecule has 1 fully saturated rings. The molecule has 0 aliphatic carbocycles. The molecular formula is C15H22ClN3O2. The van der Waals surface area contributed by atoms with Gasteiger partial charge in [0.15, 0.2) is 0 Å². The van der Waals surface area contributed by atoms with Crippen molar-refractivity contribution in [3.63, 3.8) is 0 Å². The highest BCUT2D eigenvalue weighted by Crippen LogP contribution is 2.26. The molecule has 21 heavy (non-hydrogen) atoms. The van der Waals surface area contributed by atoms with Crippen LogP contribution in [0, 0.1) is 6.92 Å². The number of anilines is 1. The van der Waals surface area contributed by atoms with Gasteiger partial charge in [-0.1, -0.05) is 13.0 Å². The van der Waals surface area contributed by atoms with E-state index in [4.69, 9.17) is 5.73 Å². The van der Waals surface area contributed by atoms with Crippen molar-refractivity contribution in [1.82, 2.24) is 5.32 Å². The smallest absolute Gasteiger partial charge is 0.248 e. The number of carbonyl (C=O) groups excluding carboxylic acids is 2. The Labute approximate surface area is 131 Å². The first-order chi connectivity index (χ1) is 9.48. The lowest BCUT2D eigenvalue weighted by atomic mass is 9.93. The van der Waals surface area contributed by atoms with Crippen molar-refractivity contribution < 1.29 is 9.59 Å². The number of hydrogen-bond acceptors (Lipinski definition) is 3. The summed E-state index contributed by atoms with van der Waals surface area (Å²) in [6.45, 7) is 4.76. The van der Waals surface area contributed by atoms with Gasteiger partial charge < -0.3 is 16.4 Å². The SMILES string of the molecule is CCC1(C(=O)Nc2cc(C(N)=O)ccc2C)CCCN1.Cl. The molecule has 6 heteroatoms. The average Bonchev–Trinajstić information content (AvgIpc) is 2.91. The van der Waals surface area contributed by atoms with Crippen LogP contribution in [0.5, 0.6) is 0 Å². The van der Waals surface area contributed by atoms with E-state index < -0.39 is 11.4 Å². The van der Waals surface area contributed by atoms with Crippen LogP contribution < -0.4 is 16.4 Å². The second-order valence-corrected chi connectivity index (χ2v) is 5.31. The van der Waals surface area contributed by atoms with Crippen LogP contribution in [0.25, 0.3) is 0 Å². The van der Waals surface area contributed by atoms with Gasteiger partial charge in [-0.2, -0.15) is 0 Å². The van der Waals surface area contributed by atoms with E-state index in [-0.39, 0.29) is 18.3 Å². The molecule has 1 aliphatic heterocycles. The van der Waals surface area contributed by atoms with Crippen LogP contribution in [0.1, 0.15) is 42.1 Å². The summed E-state index contributed by atoms with van der Waals surface area (Å²) < 4.78 is 0. The normalized spacial score (nSPS) is 20.7. The van der Waals surface area contributed by atoms with Gasteiger partial charge in [0.05, 0.1) is 5.54 Å². The van der Waals surface area contributed by atoms with Crippen LogP contribution in [-0.2, 0) is 4.79 Å². The quantitative estimate of drug-likeness (QED) is 0.795. The molecule has 4 N–H and O–H groups in total. The molecule has 0 radical (unpaired) electrons. The molecule has 1 aliphatic rings. The fourth-order valence-electron chi connectivity index (χ4n) is 2.61. The van der Waals surface area contributed by atoms with Gasteiger partial charge in [0.2, 0.25) is 11.8 Å². The third kappa shape index (κ3) is 3.54.